The Hall–Kier alpha value is -6.22. The highest BCUT2D eigenvalue weighted by Gasteiger charge is 2.25. The highest BCUT2D eigenvalue weighted by molar-refractivity contribution is 6.45. The molecule has 2 aromatic carbocycles. The predicted octanol–water partition coefficient (Wildman–Crippen LogP) is 3.86. The Morgan fingerprint density at radius 1 is 0.684 bits per heavy atom. The minimum atomic E-state index is -0.864. The van der Waals surface area contributed by atoms with Gasteiger partial charge in [-0.05, 0) is 30.3 Å². The van der Waals surface area contributed by atoms with Crippen LogP contribution in [0.2, 0.25) is 20.1 Å². The van der Waals surface area contributed by atoms with Gasteiger partial charge in [-0.25, -0.2) is 0 Å². The number of pyridine rings is 2. The number of fused-ring (bicyclic) bond motifs is 2. The van der Waals surface area contributed by atoms with Crippen molar-refractivity contribution in [2.45, 2.75) is 13.2 Å². The molecule has 0 saturated heterocycles. The van der Waals surface area contributed by atoms with Crippen molar-refractivity contribution in [1.29, 1.82) is 0 Å². The first kappa shape index (κ1) is 39.0. The van der Waals surface area contributed by atoms with Crippen molar-refractivity contribution in [1.82, 2.24) is 54.4 Å². The maximum absolute atomic E-state index is 12.0. The fourth-order valence-electron chi connectivity index (χ4n) is 5.80. The Kier molecular flexibility index (Phi) is 11.0. The number of rotatable bonds is 8. The van der Waals surface area contributed by atoms with Crippen LogP contribution in [-0.4, -0.2) is 68.7 Å². The Labute approximate surface area is 337 Å². The SMILES string of the molecule is COCc1nnc(-c2ccc[n+]([O-])c2)n1-c1c(Cl)c(Cl)cc2[nH]c(=O)c(=O)[nH]c12.COCc1nnc(-c2cccnc2)n1-c1c(Cl)c(Cl)cc2[nH]c(=O)c(=O)[nH]c12. The van der Waals surface area contributed by atoms with Crippen molar-refractivity contribution in [2.75, 3.05) is 14.2 Å². The van der Waals surface area contributed by atoms with Gasteiger partial charge >= 0.3 is 22.2 Å². The van der Waals surface area contributed by atoms with Crippen molar-refractivity contribution in [2.24, 2.45) is 0 Å². The number of aromatic amines is 4. The average molecular weight is 854 g/mol. The molecule has 0 aliphatic rings. The van der Waals surface area contributed by atoms with Gasteiger partial charge in [0.1, 0.15) is 13.2 Å². The molecule has 0 fully saturated rings. The Balaban J connectivity index is 0.000000174. The number of hydrogen-bond acceptors (Lipinski definition) is 12. The van der Waals surface area contributed by atoms with Gasteiger partial charge in [0.25, 0.3) is 0 Å². The molecule has 290 valence electrons. The highest BCUT2D eigenvalue weighted by Crippen LogP contribution is 2.38. The Bertz CT molecular complexity index is 3070. The monoisotopic (exact) mass is 852 g/mol. The summed E-state index contributed by atoms with van der Waals surface area (Å²) in [6.45, 7) is 0.167. The summed E-state index contributed by atoms with van der Waals surface area (Å²) in [6.07, 6.45) is 5.87. The fourth-order valence-corrected chi connectivity index (χ4v) is 6.66. The zero-order chi connectivity index (χ0) is 40.5. The van der Waals surface area contributed by atoms with E-state index in [-0.39, 0.29) is 61.4 Å². The van der Waals surface area contributed by atoms with Crippen molar-refractivity contribution in [3.05, 3.63) is 140 Å². The molecule has 8 rings (SSSR count). The van der Waals surface area contributed by atoms with Crippen molar-refractivity contribution in [3.63, 3.8) is 0 Å². The molecular weight excluding hydrogens is 830 g/mol. The number of aromatic nitrogens is 12. The zero-order valence-corrected chi connectivity index (χ0v) is 32.2. The van der Waals surface area contributed by atoms with Gasteiger partial charge in [-0.2, -0.15) is 4.73 Å². The van der Waals surface area contributed by atoms with Gasteiger partial charge in [0.15, 0.2) is 35.7 Å². The summed E-state index contributed by atoms with van der Waals surface area (Å²) in [5.74, 6) is 1.43. The number of halogens is 4. The van der Waals surface area contributed by atoms with E-state index in [1.807, 2.05) is 0 Å². The fraction of sp³-hybridized carbons (Fsp3) is 0.118. The van der Waals surface area contributed by atoms with E-state index in [2.05, 4.69) is 45.3 Å². The van der Waals surface area contributed by atoms with Crippen LogP contribution in [0.1, 0.15) is 11.6 Å². The van der Waals surface area contributed by atoms with Gasteiger partial charge in [0.2, 0.25) is 0 Å². The molecule has 0 unspecified atom stereocenters. The summed E-state index contributed by atoms with van der Waals surface area (Å²) >= 11 is 25.6. The van der Waals surface area contributed by atoms with Gasteiger partial charge < -0.3 is 34.6 Å². The van der Waals surface area contributed by atoms with Crippen LogP contribution in [0.15, 0.2) is 80.4 Å². The second-order valence-electron chi connectivity index (χ2n) is 11.8. The molecule has 6 heterocycles. The third-order valence-corrected chi connectivity index (χ3v) is 9.74. The summed E-state index contributed by atoms with van der Waals surface area (Å²) in [6, 6.07) is 9.65. The van der Waals surface area contributed by atoms with Crippen LogP contribution < -0.4 is 27.0 Å². The first-order valence-corrected chi connectivity index (χ1v) is 17.7. The lowest BCUT2D eigenvalue weighted by atomic mass is 10.2. The first-order valence-electron chi connectivity index (χ1n) is 16.2. The van der Waals surface area contributed by atoms with Crippen molar-refractivity contribution in [3.8, 4) is 34.2 Å². The largest absolute Gasteiger partial charge is 0.619 e. The number of methoxy groups -OCH3 is 2. The number of ether oxygens (including phenoxy) is 2. The van der Waals surface area contributed by atoms with E-state index in [1.165, 1.54) is 43.3 Å². The quantitative estimate of drug-likeness (QED) is 0.0967. The van der Waals surface area contributed by atoms with Gasteiger partial charge in [0.05, 0.1) is 59.1 Å². The number of nitrogens with one attached hydrogen (secondary N) is 4. The second kappa shape index (κ2) is 16.1. The first-order chi connectivity index (χ1) is 27.4. The molecular formula is C34H24Cl4N12O7. The molecule has 57 heavy (non-hydrogen) atoms. The lowest BCUT2D eigenvalue weighted by Crippen LogP contribution is -2.29. The molecule has 19 nitrogen and oxygen atoms in total. The summed E-state index contributed by atoms with van der Waals surface area (Å²) in [5.41, 5.74) is -0.616. The van der Waals surface area contributed by atoms with Crippen LogP contribution >= 0.6 is 46.4 Å². The van der Waals surface area contributed by atoms with Crippen LogP contribution in [0, 0.1) is 5.21 Å². The normalized spacial score (nSPS) is 11.3. The number of hydrogen-bond donors (Lipinski definition) is 4. The second-order valence-corrected chi connectivity index (χ2v) is 13.4. The molecule has 8 aromatic rings. The van der Waals surface area contributed by atoms with E-state index >= 15 is 0 Å². The van der Waals surface area contributed by atoms with Crippen LogP contribution in [0.5, 0.6) is 0 Å². The number of benzene rings is 2. The average Bonchev–Trinajstić information content (AvgIpc) is 3.80. The molecule has 0 radical (unpaired) electrons. The molecule has 0 amide bonds. The van der Waals surface area contributed by atoms with E-state index < -0.39 is 22.2 Å². The number of H-pyrrole nitrogens is 4. The van der Waals surface area contributed by atoms with Gasteiger partial charge in [-0.3, -0.25) is 33.3 Å². The molecule has 23 heteroatoms. The third-order valence-electron chi connectivity index (χ3n) is 8.18. The predicted molar refractivity (Wildman–Crippen MR) is 209 cm³/mol. The van der Waals surface area contributed by atoms with E-state index in [0.717, 1.165) is 0 Å². The molecule has 4 N–H and O–H groups in total. The lowest BCUT2D eigenvalue weighted by Gasteiger charge is -2.15. The lowest BCUT2D eigenvalue weighted by molar-refractivity contribution is -0.604. The van der Waals surface area contributed by atoms with Crippen LogP contribution in [0.4, 0.5) is 0 Å². The maximum Gasteiger partial charge on any atom is 0.314 e. The van der Waals surface area contributed by atoms with E-state index in [0.29, 0.717) is 44.5 Å². The molecule has 0 aliphatic heterocycles. The minimum Gasteiger partial charge on any atom is -0.619 e. The van der Waals surface area contributed by atoms with Crippen LogP contribution in [0.3, 0.4) is 0 Å². The smallest absolute Gasteiger partial charge is 0.314 e. The molecule has 0 aliphatic carbocycles. The van der Waals surface area contributed by atoms with Crippen LogP contribution in [0.25, 0.3) is 56.2 Å². The summed E-state index contributed by atoms with van der Waals surface area (Å²) in [4.78, 5) is 61.6. The molecule has 0 bridgehead atoms. The number of nitrogens with zero attached hydrogens (tertiary/aromatic N) is 8. The molecule has 0 atom stereocenters. The third kappa shape index (κ3) is 7.42. The molecule has 0 saturated carbocycles. The minimum absolute atomic E-state index is 0.0507. The summed E-state index contributed by atoms with van der Waals surface area (Å²) in [7, 11) is 2.99. The Morgan fingerprint density at radius 2 is 1.16 bits per heavy atom. The van der Waals surface area contributed by atoms with E-state index in [9.17, 15) is 24.4 Å². The topological polar surface area (TPSA) is 251 Å². The van der Waals surface area contributed by atoms with Crippen LogP contribution in [-0.2, 0) is 22.7 Å². The van der Waals surface area contributed by atoms with E-state index in [1.54, 1.807) is 41.2 Å². The zero-order valence-electron chi connectivity index (χ0n) is 29.1. The summed E-state index contributed by atoms with van der Waals surface area (Å²) in [5, 5.41) is 29.0. The maximum atomic E-state index is 12.0. The Morgan fingerprint density at radius 3 is 1.61 bits per heavy atom. The van der Waals surface area contributed by atoms with Gasteiger partial charge in [0, 0.05) is 38.2 Å². The van der Waals surface area contributed by atoms with Gasteiger partial charge in [-0.1, -0.05) is 46.4 Å². The standard InChI is InChI=1S/C17H12Cl2N6O4.C17H12Cl2N6O3/c1-29-7-11-22-23-15(8-3-2-4-24(28)6-8)25(11)14-12(19)9(18)5-10-13(14)21-17(27)16(26)20-10;1-28-7-11-23-24-15(8-3-2-4-20-6-8)25(11)14-12(19)9(18)5-10-13(14)22-17(27)16(26)21-10/h2-6H,7H2,1H3,(H,20,26)(H,21,27);2-6H,7H2,1H3,(H,21,26)(H,22,27). The van der Waals surface area contributed by atoms with Crippen molar-refractivity contribution >= 4 is 68.5 Å². The van der Waals surface area contributed by atoms with Gasteiger partial charge in [-0.15, -0.1) is 20.4 Å². The van der Waals surface area contributed by atoms with E-state index in [4.69, 9.17) is 55.9 Å². The van der Waals surface area contributed by atoms with Crippen molar-refractivity contribution < 1.29 is 14.2 Å². The molecule has 6 aromatic heterocycles. The highest BCUT2D eigenvalue weighted by atomic mass is 35.5. The summed E-state index contributed by atoms with van der Waals surface area (Å²) < 4.78 is 14.2. The molecule has 0 spiro atoms.